The smallest absolute Gasteiger partial charge is 0.257 e. The second kappa shape index (κ2) is 8.81. The number of ether oxygens (including phenoxy) is 2. The minimum Gasteiger partial charge on any atom is -0.486 e. The molecule has 7 nitrogen and oxygen atoms in total. The Labute approximate surface area is 183 Å². The lowest BCUT2D eigenvalue weighted by Crippen LogP contribution is -2.37. The maximum atomic E-state index is 13.3. The van der Waals surface area contributed by atoms with Crippen LogP contribution in [-0.2, 0) is 20.0 Å². The van der Waals surface area contributed by atoms with Crippen molar-refractivity contribution in [2.24, 2.45) is 0 Å². The zero-order chi connectivity index (χ0) is 21.2. The summed E-state index contributed by atoms with van der Waals surface area (Å²) >= 11 is 9.33. The average molecular weight is 525 g/mol. The van der Waals surface area contributed by atoms with E-state index in [1.54, 1.807) is 0 Å². The fourth-order valence-corrected chi connectivity index (χ4v) is 7.49. The zero-order valence-electron chi connectivity index (χ0n) is 15.5. The van der Waals surface area contributed by atoms with Crippen LogP contribution in [0.2, 0.25) is 5.02 Å². The van der Waals surface area contributed by atoms with Crippen LogP contribution in [0.15, 0.2) is 50.7 Å². The Morgan fingerprint density at radius 1 is 1.00 bits per heavy atom. The number of hydrogen-bond acceptors (Lipinski definition) is 6. The standard InChI is InChI=1S/C18H19BrClNO6S2/c1-2-3-8-21(29(24,25)18-7-4-13(19)11-15(18)20)28(22,23)14-5-6-16-17(12-14)27-10-9-26-16/h4-7,11-12H,2-3,8-10H2,1H3. The number of hydrogen-bond donors (Lipinski definition) is 0. The van der Waals surface area contributed by atoms with E-state index < -0.39 is 20.0 Å². The first-order valence-electron chi connectivity index (χ1n) is 8.80. The Balaban J connectivity index is 2.10. The Morgan fingerprint density at radius 3 is 2.34 bits per heavy atom. The fraction of sp³-hybridized carbons (Fsp3) is 0.333. The van der Waals surface area contributed by atoms with Crippen LogP contribution in [0.25, 0.3) is 0 Å². The van der Waals surface area contributed by atoms with Crippen molar-refractivity contribution in [3.05, 3.63) is 45.9 Å². The molecule has 0 atom stereocenters. The van der Waals surface area contributed by atoms with E-state index in [1.807, 2.05) is 6.92 Å². The molecular weight excluding hydrogens is 506 g/mol. The highest BCUT2D eigenvalue weighted by Gasteiger charge is 2.38. The van der Waals surface area contributed by atoms with E-state index >= 15 is 0 Å². The van der Waals surface area contributed by atoms with Gasteiger partial charge in [0.15, 0.2) is 11.5 Å². The molecule has 0 unspecified atom stereocenters. The van der Waals surface area contributed by atoms with E-state index in [9.17, 15) is 16.8 Å². The fourth-order valence-electron chi connectivity index (χ4n) is 2.75. The summed E-state index contributed by atoms with van der Waals surface area (Å²) in [6.45, 7) is 2.27. The lowest BCUT2D eigenvalue weighted by Gasteiger charge is -2.24. The van der Waals surface area contributed by atoms with E-state index in [1.165, 1.54) is 36.4 Å². The van der Waals surface area contributed by atoms with E-state index in [4.69, 9.17) is 21.1 Å². The minimum absolute atomic E-state index is 0.0711. The zero-order valence-corrected chi connectivity index (χ0v) is 19.4. The molecule has 158 valence electrons. The molecule has 0 amide bonds. The third-order valence-corrected chi connectivity index (χ3v) is 9.51. The van der Waals surface area contributed by atoms with Gasteiger partial charge in [-0.05, 0) is 36.8 Å². The molecule has 0 aliphatic carbocycles. The second-order valence-corrected chi connectivity index (χ2v) is 11.5. The van der Waals surface area contributed by atoms with Crippen molar-refractivity contribution < 1.29 is 26.3 Å². The van der Waals surface area contributed by atoms with Crippen LogP contribution in [0.4, 0.5) is 0 Å². The molecule has 11 heteroatoms. The van der Waals surface area contributed by atoms with Crippen LogP contribution in [0.3, 0.4) is 0 Å². The monoisotopic (exact) mass is 523 g/mol. The van der Waals surface area contributed by atoms with Crippen molar-refractivity contribution in [3.8, 4) is 11.5 Å². The van der Waals surface area contributed by atoms with Gasteiger partial charge in [-0.25, -0.2) is 16.8 Å². The number of nitrogens with zero attached hydrogens (tertiary/aromatic N) is 1. The maximum Gasteiger partial charge on any atom is 0.257 e. The molecule has 0 saturated heterocycles. The summed E-state index contributed by atoms with van der Waals surface area (Å²) in [6, 6.07) is 8.22. The quantitative estimate of drug-likeness (QED) is 0.543. The summed E-state index contributed by atoms with van der Waals surface area (Å²) in [5, 5.41) is -0.0711. The van der Waals surface area contributed by atoms with Crippen molar-refractivity contribution in [3.63, 3.8) is 0 Å². The molecule has 0 bridgehead atoms. The third kappa shape index (κ3) is 4.56. The molecular formula is C18H19BrClNO6S2. The van der Waals surface area contributed by atoms with Gasteiger partial charge in [0, 0.05) is 17.1 Å². The second-order valence-electron chi connectivity index (χ2n) is 6.24. The predicted molar refractivity (Wildman–Crippen MR) is 113 cm³/mol. The molecule has 2 aromatic carbocycles. The van der Waals surface area contributed by atoms with E-state index in [0.717, 1.165) is 0 Å². The molecule has 0 saturated carbocycles. The van der Waals surface area contributed by atoms with E-state index in [-0.39, 0.29) is 33.7 Å². The largest absolute Gasteiger partial charge is 0.486 e. The van der Waals surface area contributed by atoms with Gasteiger partial charge in [0.05, 0.1) is 9.92 Å². The molecule has 29 heavy (non-hydrogen) atoms. The lowest BCUT2D eigenvalue weighted by molar-refractivity contribution is 0.171. The van der Waals surface area contributed by atoms with Gasteiger partial charge in [0.2, 0.25) is 0 Å². The number of rotatable bonds is 7. The molecule has 0 N–H and O–H groups in total. The lowest BCUT2D eigenvalue weighted by atomic mass is 10.3. The van der Waals surface area contributed by atoms with E-state index in [0.29, 0.717) is 33.4 Å². The highest BCUT2D eigenvalue weighted by atomic mass is 79.9. The number of unbranched alkanes of at least 4 members (excludes halogenated alkanes) is 1. The number of sulfonamides is 2. The number of halogens is 2. The molecule has 3 rings (SSSR count). The number of benzene rings is 2. The van der Waals surface area contributed by atoms with Gasteiger partial charge in [0.1, 0.15) is 18.1 Å². The molecule has 0 spiro atoms. The van der Waals surface area contributed by atoms with Crippen LogP contribution in [-0.4, -0.2) is 40.3 Å². The summed E-state index contributed by atoms with van der Waals surface area (Å²) < 4.78 is 65.1. The van der Waals surface area contributed by atoms with Gasteiger partial charge < -0.3 is 9.47 Å². The topological polar surface area (TPSA) is 90.0 Å². The Bertz CT molecular complexity index is 1120. The summed E-state index contributed by atoms with van der Waals surface area (Å²) in [6.07, 6.45) is 0.966. The first-order valence-corrected chi connectivity index (χ1v) is 12.9. The van der Waals surface area contributed by atoms with Gasteiger partial charge >= 0.3 is 0 Å². The highest BCUT2D eigenvalue weighted by Crippen LogP contribution is 2.35. The minimum atomic E-state index is -4.43. The van der Waals surface area contributed by atoms with Crippen molar-refractivity contribution in [2.45, 2.75) is 29.6 Å². The molecule has 2 aromatic rings. The van der Waals surface area contributed by atoms with Crippen LogP contribution in [0.5, 0.6) is 11.5 Å². The third-order valence-electron chi connectivity index (χ3n) is 4.21. The Morgan fingerprint density at radius 2 is 1.69 bits per heavy atom. The number of fused-ring (bicyclic) bond motifs is 1. The van der Waals surface area contributed by atoms with E-state index in [2.05, 4.69) is 15.9 Å². The Hall–Kier alpha value is -1.33. The summed E-state index contributed by atoms with van der Waals surface area (Å²) in [5.74, 6) is 0.668. The molecule has 0 radical (unpaired) electrons. The van der Waals surface area contributed by atoms with Crippen LogP contribution < -0.4 is 9.47 Å². The summed E-state index contributed by atoms with van der Waals surface area (Å²) in [4.78, 5) is -0.478. The van der Waals surface area contributed by atoms with Gasteiger partial charge in [-0.3, -0.25) is 0 Å². The van der Waals surface area contributed by atoms with Gasteiger partial charge in [-0.1, -0.05) is 44.6 Å². The van der Waals surface area contributed by atoms with Crippen LogP contribution >= 0.6 is 27.5 Å². The molecule has 1 aliphatic rings. The molecule has 1 heterocycles. The summed E-state index contributed by atoms with van der Waals surface area (Å²) in [5.41, 5.74) is 0. The first kappa shape index (κ1) is 22.4. The molecule has 0 fully saturated rings. The van der Waals surface area contributed by atoms with Crippen molar-refractivity contribution in [1.29, 1.82) is 0 Å². The van der Waals surface area contributed by atoms with Crippen molar-refractivity contribution >= 4 is 47.6 Å². The van der Waals surface area contributed by atoms with Crippen molar-refractivity contribution in [1.82, 2.24) is 3.71 Å². The predicted octanol–water partition coefficient (Wildman–Crippen LogP) is 4.05. The molecule has 0 aromatic heterocycles. The van der Waals surface area contributed by atoms with Crippen LogP contribution in [0.1, 0.15) is 19.8 Å². The normalized spacial score (nSPS) is 14.2. The van der Waals surface area contributed by atoms with Gasteiger partial charge in [-0.15, -0.1) is 0 Å². The Kier molecular flexibility index (Phi) is 6.79. The maximum absolute atomic E-state index is 13.3. The first-order chi connectivity index (χ1) is 13.7. The van der Waals surface area contributed by atoms with Crippen molar-refractivity contribution in [2.75, 3.05) is 19.8 Å². The summed E-state index contributed by atoms with van der Waals surface area (Å²) in [7, 11) is -8.83. The average Bonchev–Trinajstić information content (AvgIpc) is 2.67. The van der Waals surface area contributed by atoms with Gasteiger partial charge in [0.25, 0.3) is 20.0 Å². The van der Waals surface area contributed by atoms with Crippen LogP contribution in [0, 0.1) is 0 Å². The highest BCUT2D eigenvalue weighted by molar-refractivity contribution is 9.10. The molecule has 1 aliphatic heterocycles. The SMILES string of the molecule is CCCCN(S(=O)(=O)c1ccc2c(c1)OCCO2)S(=O)(=O)c1ccc(Br)cc1Cl. The van der Waals surface area contributed by atoms with Gasteiger partial charge in [-0.2, -0.15) is 0 Å².